The fourth-order valence-corrected chi connectivity index (χ4v) is 2.90. The van der Waals surface area contributed by atoms with Gasteiger partial charge in [0.05, 0.1) is 6.21 Å². The van der Waals surface area contributed by atoms with Crippen molar-refractivity contribution in [2.45, 2.75) is 38.1 Å². The Bertz CT molecular complexity index is 621. The van der Waals surface area contributed by atoms with Crippen LogP contribution in [0.15, 0.2) is 35.4 Å². The lowest BCUT2D eigenvalue weighted by Gasteiger charge is -2.27. The minimum Gasteiger partial charge on any atom is -0.263 e. The Morgan fingerprint density at radius 2 is 1.64 bits per heavy atom. The molecule has 0 bridgehead atoms. The first-order valence-corrected chi connectivity index (χ1v) is 7.49. The summed E-state index contributed by atoms with van der Waals surface area (Å²) < 4.78 is 0. The first-order valence-electron chi connectivity index (χ1n) is 7.49. The third-order valence-corrected chi connectivity index (χ3v) is 4.04. The summed E-state index contributed by atoms with van der Waals surface area (Å²) >= 11 is 0. The smallest absolute Gasteiger partial charge is 0.263 e. The van der Waals surface area contributed by atoms with Gasteiger partial charge in [0.2, 0.25) is 0 Å². The van der Waals surface area contributed by atoms with Gasteiger partial charge in [0, 0.05) is 6.04 Å². The maximum absolute atomic E-state index is 12.3. The molecular weight excluding hydrogens is 282 g/mol. The lowest BCUT2D eigenvalue weighted by molar-refractivity contribution is -0.144. The summed E-state index contributed by atoms with van der Waals surface area (Å²) in [5.74, 6) is -1.63. The number of hydrogen-bond donors (Lipinski definition) is 0. The van der Waals surface area contributed by atoms with E-state index in [0.717, 1.165) is 42.6 Å². The molecule has 2 fully saturated rings. The van der Waals surface area contributed by atoms with Crippen LogP contribution in [-0.2, 0) is 9.59 Å². The molecule has 1 saturated carbocycles. The summed E-state index contributed by atoms with van der Waals surface area (Å²) in [6, 6.07) is 8.31. The molecule has 6 nitrogen and oxygen atoms in total. The maximum Gasteiger partial charge on any atom is 0.355 e. The topological polar surface area (TPSA) is 70.1 Å². The fraction of sp³-hybridized carbons (Fsp3) is 0.375. The van der Waals surface area contributed by atoms with E-state index in [1.807, 2.05) is 18.2 Å². The highest BCUT2D eigenvalue weighted by atomic mass is 16.2. The highest BCUT2D eigenvalue weighted by Crippen LogP contribution is 2.26. The van der Waals surface area contributed by atoms with Crippen LogP contribution >= 0.6 is 0 Å². The summed E-state index contributed by atoms with van der Waals surface area (Å²) in [4.78, 5) is 37.5. The Hall–Kier alpha value is -2.50. The van der Waals surface area contributed by atoms with Crippen LogP contribution in [0.5, 0.6) is 0 Å². The van der Waals surface area contributed by atoms with Crippen LogP contribution in [0.25, 0.3) is 0 Å². The van der Waals surface area contributed by atoms with Crippen LogP contribution in [0.4, 0.5) is 4.79 Å². The zero-order valence-corrected chi connectivity index (χ0v) is 12.1. The second-order valence-corrected chi connectivity index (χ2v) is 5.52. The first kappa shape index (κ1) is 14.4. The van der Waals surface area contributed by atoms with Gasteiger partial charge in [-0.2, -0.15) is 5.10 Å². The maximum atomic E-state index is 12.3. The van der Waals surface area contributed by atoms with E-state index in [2.05, 4.69) is 5.10 Å². The van der Waals surface area contributed by atoms with Gasteiger partial charge in [-0.05, 0) is 18.4 Å². The average Bonchev–Trinajstić information content (AvgIpc) is 2.77. The molecule has 114 valence electrons. The van der Waals surface area contributed by atoms with Gasteiger partial charge in [0.25, 0.3) is 0 Å². The summed E-state index contributed by atoms with van der Waals surface area (Å²) in [7, 11) is 0. The third-order valence-electron chi connectivity index (χ3n) is 4.04. The van der Waals surface area contributed by atoms with Crippen LogP contribution in [-0.4, -0.2) is 40.0 Å². The summed E-state index contributed by atoms with van der Waals surface area (Å²) in [5, 5.41) is 4.57. The Balaban J connectivity index is 1.78. The molecule has 1 saturated heterocycles. The zero-order chi connectivity index (χ0) is 15.5. The van der Waals surface area contributed by atoms with Crippen LogP contribution < -0.4 is 0 Å². The minimum absolute atomic E-state index is 0.172. The molecule has 6 heteroatoms. The molecule has 22 heavy (non-hydrogen) atoms. The quantitative estimate of drug-likeness (QED) is 0.488. The molecule has 1 aliphatic heterocycles. The number of benzene rings is 1. The first-order chi connectivity index (χ1) is 10.7. The highest BCUT2D eigenvalue weighted by Gasteiger charge is 2.48. The van der Waals surface area contributed by atoms with E-state index in [9.17, 15) is 14.4 Å². The van der Waals surface area contributed by atoms with Crippen molar-refractivity contribution in [3.8, 4) is 0 Å². The molecule has 3 rings (SSSR count). The number of hydrogen-bond acceptors (Lipinski definition) is 4. The molecule has 1 aromatic carbocycles. The number of carbonyl (C=O) groups excluding carboxylic acids is 3. The van der Waals surface area contributed by atoms with Crippen LogP contribution in [0.1, 0.15) is 37.7 Å². The lowest BCUT2D eigenvalue weighted by atomic mass is 9.94. The molecular formula is C16H17N3O3. The highest BCUT2D eigenvalue weighted by molar-refractivity contribution is 6.44. The summed E-state index contributed by atoms with van der Waals surface area (Å²) in [5.41, 5.74) is 0.756. The Kier molecular flexibility index (Phi) is 4.00. The zero-order valence-electron chi connectivity index (χ0n) is 12.1. The lowest BCUT2D eigenvalue weighted by Crippen LogP contribution is -2.41. The van der Waals surface area contributed by atoms with Gasteiger partial charge in [-0.1, -0.05) is 49.6 Å². The molecule has 2 aliphatic rings. The second-order valence-electron chi connectivity index (χ2n) is 5.52. The molecule has 1 aromatic rings. The predicted molar refractivity (Wildman–Crippen MR) is 80.0 cm³/mol. The van der Waals surface area contributed by atoms with Gasteiger partial charge in [-0.25, -0.2) is 4.79 Å². The van der Waals surface area contributed by atoms with E-state index in [1.165, 1.54) is 6.21 Å². The normalized spacial score (nSPS) is 20.5. The minimum atomic E-state index is -0.872. The molecule has 0 N–H and O–H groups in total. The molecule has 0 spiro atoms. The van der Waals surface area contributed by atoms with E-state index in [4.69, 9.17) is 0 Å². The van der Waals surface area contributed by atoms with E-state index >= 15 is 0 Å². The van der Waals surface area contributed by atoms with Gasteiger partial charge < -0.3 is 0 Å². The second kappa shape index (κ2) is 6.09. The molecule has 1 aliphatic carbocycles. The van der Waals surface area contributed by atoms with Crippen molar-refractivity contribution < 1.29 is 14.4 Å². The van der Waals surface area contributed by atoms with Crippen LogP contribution in [0.2, 0.25) is 0 Å². The van der Waals surface area contributed by atoms with Gasteiger partial charge in [0.1, 0.15) is 0 Å². The van der Waals surface area contributed by atoms with E-state index in [-0.39, 0.29) is 6.04 Å². The van der Waals surface area contributed by atoms with Crippen molar-refractivity contribution >= 4 is 24.1 Å². The Labute approximate surface area is 128 Å². The van der Waals surface area contributed by atoms with E-state index in [1.54, 1.807) is 12.1 Å². The SMILES string of the molecule is O=C1C(=O)N(C2CCCCC2)C(=O)N1/N=C/c1ccccc1. The largest absolute Gasteiger partial charge is 0.355 e. The van der Waals surface area contributed by atoms with E-state index in [0.29, 0.717) is 5.01 Å². The Morgan fingerprint density at radius 3 is 2.32 bits per heavy atom. The number of imide groups is 2. The number of hydrazone groups is 1. The van der Waals surface area contributed by atoms with Gasteiger partial charge in [-0.3, -0.25) is 14.5 Å². The summed E-state index contributed by atoms with van der Waals surface area (Å²) in [6.07, 6.45) is 6.00. The number of carbonyl (C=O) groups is 3. The van der Waals surface area contributed by atoms with Crippen molar-refractivity contribution in [3.05, 3.63) is 35.9 Å². The molecule has 4 amide bonds. The fourth-order valence-electron chi connectivity index (χ4n) is 2.90. The average molecular weight is 299 g/mol. The van der Waals surface area contributed by atoms with Gasteiger partial charge in [0.15, 0.2) is 0 Å². The number of rotatable bonds is 3. The molecule has 0 aromatic heterocycles. The number of urea groups is 1. The number of nitrogens with zero attached hydrogens (tertiary/aromatic N) is 3. The van der Waals surface area contributed by atoms with Crippen molar-refractivity contribution in [3.63, 3.8) is 0 Å². The third kappa shape index (κ3) is 2.64. The standard InChI is InChI=1S/C16H17N3O3/c20-14-15(21)19(17-11-12-7-3-1-4-8-12)16(22)18(14)13-9-5-2-6-10-13/h1,3-4,7-8,11,13H,2,5-6,9-10H2/b17-11+. The van der Waals surface area contributed by atoms with E-state index < -0.39 is 17.8 Å². The molecule has 0 radical (unpaired) electrons. The Morgan fingerprint density at radius 1 is 0.955 bits per heavy atom. The van der Waals surface area contributed by atoms with Crippen molar-refractivity contribution in [2.75, 3.05) is 0 Å². The summed E-state index contributed by atoms with van der Waals surface area (Å²) in [6.45, 7) is 0. The molecule has 0 atom stereocenters. The molecule has 0 unspecified atom stereocenters. The van der Waals surface area contributed by atoms with Gasteiger partial charge in [-0.15, -0.1) is 5.01 Å². The van der Waals surface area contributed by atoms with Gasteiger partial charge >= 0.3 is 17.8 Å². The molecule has 1 heterocycles. The monoisotopic (exact) mass is 299 g/mol. The van der Waals surface area contributed by atoms with Crippen LogP contribution in [0.3, 0.4) is 0 Å². The number of amides is 4. The predicted octanol–water partition coefficient (Wildman–Crippen LogP) is 2.14. The van der Waals surface area contributed by atoms with Crippen molar-refractivity contribution in [1.82, 2.24) is 9.91 Å². The van der Waals surface area contributed by atoms with Crippen molar-refractivity contribution in [1.29, 1.82) is 0 Å². The van der Waals surface area contributed by atoms with Crippen molar-refractivity contribution in [2.24, 2.45) is 5.10 Å². The van der Waals surface area contributed by atoms with Crippen LogP contribution in [0, 0.1) is 0 Å².